The lowest BCUT2D eigenvalue weighted by Gasteiger charge is -2.00. The minimum absolute atomic E-state index is 0.0366. The molecule has 0 saturated heterocycles. The second-order valence-electron chi connectivity index (χ2n) is 3.82. The molecule has 4 nitrogen and oxygen atoms in total. The summed E-state index contributed by atoms with van der Waals surface area (Å²) in [7, 11) is 1.81. The van der Waals surface area contributed by atoms with Gasteiger partial charge in [0.25, 0.3) is 0 Å². The van der Waals surface area contributed by atoms with Crippen molar-refractivity contribution < 1.29 is 13.2 Å². The maximum atomic E-state index is 13.4. The largest absolute Gasteiger partial charge is 0.425 e. The van der Waals surface area contributed by atoms with Crippen molar-refractivity contribution in [3.8, 4) is 0 Å². The molecular weight excluding hydrogens is 240 g/mol. The highest BCUT2D eigenvalue weighted by atomic mass is 19.1. The molecule has 2 aromatic rings. The molecule has 2 rings (SSSR count). The summed E-state index contributed by atoms with van der Waals surface area (Å²) in [6, 6.07) is 3.73. The normalized spacial score (nSPS) is 10.8. The molecule has 0 bridgehead atoms. The molecule has 0 radical (unpaired) electrons. The Bertz CT molecular complexity index is 508. The molecule has 18 heavy (non-hydrogen) atoms. The lowest BCUT2D eigenvalue weighted by molar-refractivity contribution is 0.447. The summed E-state index contributed by atoms with van der Waals surface area (Å²) >= 11 is 0. The number of hydrogen-bond donors (Lipinski definition) is 1. The predicted octanol–water partition coefficient (Wildman–Crippen LogP) is 1.70. The highest BCUT2D eigenvalue weighted by Crippen LogP contribution is 2.16. The van der Waals surface area contributed by atoms with Crippen LogP contribution in [0.15, 0.2) is 22.6 Å². The molecule has 96 valence electrons. The molecule has 0 aliphatic heterocycles. The van der Waals surface area contributed by atoms with Crippen molar-refractivity contribution in [3.63, 3.8) is 0 Å². The molecular formula is C12H13F2N3O. The van der Waals surface area contributed by atoms with E-state index in [1.807, 2.05) is 7.05 Å². The molecule has 1 aromatic heterocycles. The molecule has 0 aliphatic carbocycles. The van der Waals surface area contributed by atoms with E-state index >= 15 is 0 Å². The smallest absolute Gasteiger partial charge is 0.221 e. The van der Waals surface area contributed by atoms with Crippen LogP contribution in [0.4, 0.5) is 8.78 Å². The lowest BCUT2D eigenvalue weighted by Crippen LogP contribution is -2.10. The van der Waals surface area contributed by atoms with Gasteiger partial charge in [-0.2, -0.15) is 0 Å². The molecule has 6 heteroatoms. The third-order valence-electron chi connectivity index (χ3n) is 2.49. The minimum atomic E-state index is -0.607. The Kier molecular flexibility index (Phi) is 3.99. The fourth-order valence-corrected chi connectivity index (χ4v) is 1.55. The van der Waals surface area contributed by atoms with E-state index in [1.54, 1.807) is 0 Å². The van der Waals surface area contributed by atoms with Crippen LogP contribution < -0.4 is 5.32 Å². The molecule has 0 amide bonds. The van der Waals surface area contributed by atoms with Crippen LogP contribution in [0.25, 0.3) is 0 Å². The van der Waals surface area contributed by atoms with Gasteiger partial charge in [-0.05, 0) is 19.2 Å². The first-order valence-corrected chi connectivity index (χ1v) is 5.59. The van der Waals surface area contributed by atoms with Crippen molar-refractivity contribution in [2.24, 2.45) is 0 Å². The standard InChI is InChI=1S/C12H13F2N3O/c1-15-6-5-11-16-17-12(18-11)7-8-9(13)3-2-4-10(8)14/h2-4,15H,5-7H2,1H3. The second kappa shape index (κ2) is 5.68. The summed E-state index contributed by atoms with van der Waals surface area (Å²) in [6.45, 7) is 0.704. The van der Waals surface area contributed by atoms with Crippen LogP contribution in [0.5, 0.6) is 0 Å². The van der Waals surface area contributed by atoms with Crippen molar-refractivity contribution in [2.75, 3.05) is 13.6 Å². The Balaban J connectivity index is 2.11. The average Bonchev–Trinajstić information content (AvgIpc) is 2.79. The first-order valence-electron chi connectivity index (χ1n) is 5.59. The van der Waals surface area contributed by atoms with E-state index in [1.165, 1.54) is 18.2 Å². The van der Waals surface area contributed by atoms with Crippen molar-refractivity contribution in [1.29, 1.82) is 0 Å². The minimum Gasteiger partial charge on any atom is -0.425 e. The van der Waals surface area contributed by atoms with Gasteiger partial charge in [0.05, 0.1) is 6.42 Å². The number of likely N-dealkylation sites (N-methyl/N-ethyl adjacent to an activating group) is 1. The molecule has 0 spiro atoms. The number of nitrogens with zero attached hydrogens (tertiary/aromatic N) is 2. The summed E-state index contributed by atoms with van der Waals surface area (Å²) in [5.74, 6) is -0.545. The summed E-state index contributed by atoms with van der Waals surface area (Å²) < 4.78 is 32.1. The summed E-state index contributed by atoms with van der Waals surface area (Å²) in [5.41, 5.74) is -0.0543. The van der Waals surface area contributed by atoms with Gasteiger partial charge in [0, 0.05) is 18.5 Å². The van der Waals surface area contributed by atoms with E-state index in [0.717, 1.165) is 0 Å². The fourth-order valence-electron chi connectivity index (χ4n) is 1.55. The van der Waals surface area contributed by atoms with Crippen LogP contribution in [-0.2, 0) is 12.8 Å². The lowest BCUT2D eigenvalue weighted by atomic mass is 10.1. The molecule has 0 saturated carbocycles. The van der Waals surface area contributed by atoms with Crippen molar-refractivity contribution in [2.45, 2.75) is 12.8 Å². The van der Waals surface area contributed by atoms with Crippen LogP contribution in [0, 0.1) is 11.6 Å². The Hall–Kier alpha value is -1.82. The monoisotopic (exact) mass is 253 g/mol. The van der Waals surface area contributed by atoms with Crippen LogP contribution in [-0.4, -0.2) is 23.8 Å². The average molecular weight is 253 g/mol. The van der Waals surface area contributed by atoms with Gasteiger partial charge in [0.15, 0.2) is 0 Å². The predicted molar refractivity (Wildman–Crippen MR) is 61.1 cm³/mol. The van der Waals surface area contributed by atoms with Crippen LogP contribution >= 0.6 is 0 Å². The summed E-state index contributed by atoms with van der Waals surface area (Å²) in [5, 5.41) is 10.5. The third kappa shape index (κ3) is 2.89. The van der Waals surface area contributed by atoms with Gasteiger partial charge < -0.3 is 9.73 Å². The second-order valence-corrected chi connectivity index (χ2v) is 3.82. The van der Waals surface area contributed by atoms with Crippen molar-refractivity contribution in [3.05, 3.63) is 47.2 Å². The molecule has 0 atom stereocenters. The Labute approximate surface area is 103 Å². The van der Waals surface area contributed by atoms with Gasteiger partial charge in [-0.3, -0.25) is 0 Å². The highest BCUT2D eigenvalue weighted by Gasteiger charge is 2.13. The van der Waals surface area contributed by atoms with Crippen LogP contribution in [0.2, 0.25) is 0 Å². The van der Waals surface area contributed by atoms with Gasteiger partial charge in [-0.1, -0.05) is 6.07 Å². The Morgan fingerprint density at radius 2 is 1.83 bits per heavy atom. The van der Waals surface area contributed by atoms with E-state index in [2.05, 4.69) is 15.5 Å². The van der Waals surface area contributed by atoms with Crippen LogP contribution in [0.1, 0.15) is 17.3 Å². The molecule has 1 aromatic carbocycles. The number of benzene rings is 1. The van der Waals surface area contributed by atoms with Gasteiger partial charge in [-0.25, -0.2) is 8.78 Å². The van der Waals surface area contributed by atoms with Crippen molar-refractivity contribution in [1.82, 2.24) is 15.5 Å². The maximum Gasteiger partial charge on any atom is 0.221 e. The van der Waals surface area contributed by atoms with Crippen LogP contribution in [0.3, 0.4) is 0 Å². The first-order chi connectivity index (χ1) is 8.70. The number of aromatic nitrogens is 2. The molecule has 1 N–H and O–H groups in total. The highest BCUT2D eigenvalue weighted by molar-refractivity contribution is 5.22. The van der Waals surface area contributed by atoms with Gasteiger partial charge in [-0.15, -0.1) is 10.2 Å². The maximum absolute atomic E-state index is 13.4. The number of nitrogens with one attached hydrogen (secondary N) is 1. The number of hydrogen-bond acceptors (Lipinski definition) is 4. The zero-order chi connectivity index (χ0) is 13.0. The molecule has 0 unspecified atom stereocenters. The SMILES string of the molecule is CNCCc1nnc(Cc2c(F)cccc2F)o1. The number of halogens is 2. The fraction of sp³-hybridized carbons (Fsp3) is 0.333. The summed E-state index contributed by atoms with van der Waals surface area (Å²) in [4.78, 5) is 0. The molecule has 1 heterocycles. The Morgan fingerprint density at radius 1 is 1.17 bits per heavy atom. The van der Waals surface area contributed by atoms with Gasteiger partial charge >= 0.3 is 0 Å². The van der Waals surface area contributed by atoms with E-state index < -0.39 is 11.6 Å². The molecule has 0 aliphatic rings. The topological polar surface area (TPSA) is 51.0 Å². The zero-order valence-corrected chi connectivity index (χ0v) is 9.91. The molecule has 0 fully saturated rings. The summed E-state index contributed by atoms with van der Waals surface area (Å²) in [6.07, 6.45) is 0.550. The van der Waals surface area contributed by atoms with E-state index in [4.69, 9.17) is 4.42 Å². The third-order valence-corrected chi connectivity index (χ3v) is 2.49. The van der Waals surface area contributed by atoms with E-state index in [9.17, 15) is 8.78 Å². The van der Waals surface area contributed by atoms with Crippen molar-refractivity contribution >= 4 is 0 Å². The Morgan fingerprint density at radius 3 is 2.50 bits per heavy atom. The number of rotatable bonds is 5. The van der Waals surface area contributed by atoms with E-state index in [0.29, 0.717) is 18.9 Å². The van der Waals surface area contributed by atoms with E-state index in [-0.39, 0.29) is 17.9 Å². The quantitative estimate of drug-likeness (QED) is 0.881. The van der Waals surface area contributed by atoms with Gasteiger partial charge in [0.1, 0.15) is 11.6 Å². The van der Waals surface area contributed by atoms with Gasteiger partial charge in [0.2, 0.25) is 11.8 Å². The zero-order valence-electron chi connectivity index (χ0n) is 9.91. The first kappa shape index (κ1) is 12.6.